The summed E-state index contributed by atoms with van der Waals surface area (Å²) in [5.74, 6) is 1.29. The third kappa shape index (κ3) is 3.32. The van der Waals surface area contributed by atoms with Gasteiger partial charge in [0.15, 0.2) is 11.5 Å². The molecule has 2 aliphatic rings. The number of carbonyl (C=O) groups is 2. The zero-order valence-corrected chi connectivity index (χ0v) is 14.4. The fraction of sp³-hybridized carbons (Fsp3) is 0.333. The molecule has 1 aromatic heterocycles. The second-order valence-electron chi connectivity index (χ2n) is 6.14. The summed E-state index contributed by atoms with van der Waals surface area (Å²) >= 11 is 1.52. The van der Waals surface area contributed by atoms with Crippen LogP contribution >= 0.6 is 11.3 Å². The van der Waals surface area contributed by atoms with E-state index in [9.17, 15) is 9.59 Å². The van der Waals surface area contributed by atoms with Gasteiger partial charge in [-0.2, -0.15) is 11.3 Å². The van der Waals surface area contributed by atoms with Crippen LogP contribution in [0.15, 0.2) is 35.0 Å². The molecule has 0 aliphatic carbocycles. The number of nitrogens with zero attached hydrogens (tertiary/aromatic N) is 1. The number of piperidine rings is 1. The summed E-state index contributed by atoms with van der Waals surface area (Å²) in [4.78, 5) is 26.7. The number of nitrogens with one attached hydrogen (secondary N) is 1. The van der Waals surface area contributed by atoms with E-state index in [2.05, 4.69) is 5.32 Å². The molecular weight excluding hydrogens is 340 g/mol. The number of hydrogen-bond donors (Lipinski definition) is 1. The number of carbonyl (C=O) groups excluding carboxylic acids is 2. The Morgan fingerprint density at radius 2 is 1.92 bits per heavy atom. The Kier molecular flexibility index (Phi) is 4.31. The number of fused-ring (bicyclic) bond motifs is 1. The van der Waals surface area contributed by atoms with Gasteiger partial charge in [0.2, 0.25) is 12.7 Å². The van der Waals surface area contributed by atoms with Crippen LogP contribution in [-0.4, -0.2) is 36.6 Å². The molecule has 0 saturated carbocycles. The van der Waals surface area contributed by atoms with Crippen molar-refractivity contribution in [1.82, 2.24) is 4.90 Å². The molecule has 0 unspecified atom stereocenters. The molecular formula is C18H18N2O4S. The quantitative estimate of drug-likeness (QED) is 0.916. The van der Waals surface area contributed by atoms with Gasteiger partial charge in [-0.3, -0.25) is 9.59 Å². The van der Waals surface area contributed by atoms with Gasteiger partial charge in [-0.1, -0.05) is 0 Å². The number of hydrogen-bond acceptors (Lipinski definition) is 5. The predicted molar refractivity (Wildman–Crippen MR) is 94.1 cm³/mol. The lowest BCUT2D eigenvalue weighted by Gasteiger charge is -2.31. The molecule has 0 spiro atoms. The maximum Gasteiger partial charge on any atom is 0.254 e. The molecule has 1 aromatic carbocycles. The minimum absolute atomic E-state index is 0.0125. The molecule has 2 aromatic rings. The first-order valence-electron chi connectivity index (χ1n) is 8.23. The van der Waals surface area contributed by atoms with Crippen molar-refractivity contribution >= 4 is 28.8 Å². The third-order valence-electron chi connectivity index (χ3n) is 4.56. The minimum Gasteiger partial charge on any atom is -0.454 e. The fourth-order valence-electron chi connectivity index (χ4n) is 3.13. The summed E-state index contributed by atoms with van der Waals surface area (Å²) in [5, 5.41) is 6.70. The number of rotatable bonds is 3. The van der Waals surface area contributed by atoms with Crippen molar-refractivity contribution in [3.8, 4) is 11.5 Å². The Hall–Kier alpha value is -2.54. The summed E-state index contributed by atoms with van der Waals surface area (Å²) in [6, 6.07) is 7.21. The van der Waals surface area contributed by atoms with Crippen LogP contribution < -0.4 is 14.8 Å². The number of amides is 2. The average Bonchev–Trinajstić information content (AvgIpc) is 3.32. The van der Waals surface area contributed by atoms with E-state index in [1.807, 2.05) is 21.7 Å². The van der Waals surface area contributed by atoms with Gasteiger partial charge >= 0.3 is 0 Å². The van der Waals surface area contributed by atoms with Crippen LogP contribution in [0.3, 0.4) is 0 Å². The first-order chi connectivity index (χ1) is 12.2. The van der Waals surface area contributed by atoms with E-state index in [1.54, 1.807) is 18.2 Å². The van der Waals surface area contributed by atoms with E-state index < -0.39 is 0 Å². The molecule has 6 nitrogen and oxygen atoms in total. The number of thiophene rings is 1. The number of benzene rings is 1. The maximum atomic E-state index is 12.5. The highest BCUT2D eigenvalue weighted by Crippen LogP contribution is 2.34. The zero-order chi connectivity index (χ0) is 17.2. The Morgan fingerprint density at radius 3 is 2.68 bits per heavy atom. The molecule has 2 aliphatic heterocycles. The maximum absolute atomic E-state index is 12.5. The van der Waals surface area contributed by atoms with Crippen LogP contribution in [-0.2, 0) is 4.79 Å². The van der Waals surface area contributed by atoms with Crippen LogP contribution in [0.5, 0.6) is 11.5 Å². The van der Waals surface area contributed by atoms with E-state index in [-0.39, 0.29) is 24.5 Å². The SMILES string of the molecule is O=C(Nc1ccc2c(c1)OCO2)C1CCN(C(=O)c2ccsc2)CC1. The van der Waals surface area contributed by atoms with Gasteiger partial charge < -0.3 is 19.7 Å². The number of likely N-dealkylation sites (tertiary alicyclic amines) is 1. The van der Waals surface area contributed by atoms with Gasteiger partial charge in [0.1, 0.15) is 0 Å². The minimum atomic E-state index is -0.0862. The first-order valence-corrected chi connectivity index (χ1v) is 9.17. The second-order valence-corrected chi connectivity index (χ2v) is 6.92. The van der Waals surface area contributed by atoms with Crippen molar-refractivity contribution in [2.45, 2.75) is 12.8 Å². The molecule has 4 rings (SSSR count). The number of ether oxygens (including phenoxy) is 2. The normalized spacial score (nSPS) is 16.7. The molecule has 130 valence electrons. The van der Waals surface area contributed by atoms with E-state index in [0.717, 1.165) is 5.56 Å². The van der Waals surface area contributed by atoms with Gasteiger partial charge in [-0.15, -0.1) is 0 Å². The van der Waals surface area contributed by atoms with E-state index in [4.69, 9.17) is 9.47 Å². The van der Waals surface area contributed by atoms with Crippen LogP contribution in [0.4, 0.5) is 5.69 Å². The number of anilines is 1. The van der Waals surface area contributed by atoms with Gasteiger partial charge in [0.05, 0.1) is 5.56 Å². The summed E-state index contributed by atoms with van der Waals surface area (Å²) in [6.45, 7) is 1.42. The van der Waals surface area contributed by atoms with Crippen molar-refractivity contribution < 1.29 is 19.1 Å². The molecule has 0 bridgehead atoms. The smallest absolute Gasteiger partial charge is 0.254 e. The Bertz CT molecular complexity index is 782. The monoisotopic (exact) mass is 358 g/mol. The van der Waals surface area contributed by atoms with Crippen LogP contribution in [0, 0.1) is 5.92 Å². The molecule has 25 heavy (non-hydrogen) atoms. The Morgan fingerprint density at radius 1 is 1.12 bits per heavy atom. The lowest BCUT2D eigenvalue weighted by Crippen LogP contribution is -2.41. The van der Waals surface area contributed by atoms with Gasteiger partial charge in [-0.05, 0) is 36.4 Å². The lowest BCUT2D eigenvalue weighted by molar-refractivity contribution is -0.121. The summed E-state index contributed by atoms with van der Waals surface area (Å²) in [5.41, 5.74) is 1.43. The highest BCUT2D eigenvalue weighted by molar-refractivity contribution is 7.08. The van der Waals surface area contributed by atoms with Gasteiger partial charge in [-0.25, -0.2) is 0 Å². The lowest BCUT2D eigenvalue weighted by atomic mass is 9.95. The van der Waals surface area contributed by atoms with Crippen molar-refractivity contribution in [3.63, 3.8) is 0 Å². The molecule has 0 atom stereocenters. The summed E-state index contributed by atoms with van der Waals surface area (Å²) in [7, 11) is 0. The zero-order valence-electron chi connectivity index (χ0n) is 13.6. The van der Waals surface area contributed by atoms with E-state index in [0.29, 0.717) is 43.1 Å². The molecule has 2 amide bonds. The predicted octanol–water partition coefficient (Wildman–Crippen LogP) is 2.97. The van der Waals surface area contributed by atoms with Crippen LogP contribution in [0.2, 0.25) is 0 Å². The molecule has 0 radical (unpaired) electrons. The molecule has 3 heterocycles. The fourth-order valence-corrected chi connectivity index (χ4v) is 3.76. The average molecular weight is 358 g/mol. The molecule has 1 N–H and O–H groups in total. The summed E-state index contributed by atoms with van der Waals surface area (Å²) in [6.07, 6.45) is 1.35. The van der Waals surface area contributed by atoms with E-state index in [1.165, 1.54) is 11.3 Å². The molecule has 7 heteroatoms. The summed E-state index contributed by atoms with van der Waals surface area (Å²) < 4.78 is 10.6. The van der Waals surface area contributed by atoms with Gasteiger partial charge in [0, 0.05) is 36.1 Å². The van der Waals surface area contributed by atoms with Crippen molar-refractivity contribution in [2.24, 2.45) is 5.92 Å². The Labute approximate surface area is 149 Å². The van der Waals surface area contributed by atoms with Crippen LogP contribution in [0.1, 0.15) is 23.2 Å². The molecule has 1 saturated heterocycles. The van der Waals surface area contributed by atoms with E-state index >= 15 is 0 Å². The molecule has 1 fully saturated rings. The van der Waals surface area contributed by atoms with Crippen molar-refractivity contribution in [2.75, 3.05) is 25.2 Å². The highest BCUT2D eigenvalue weighted by Gasteiger charge is 2.28. The van der Waals surface area contributed by atoms with Gasteiger partial charge in [0.25, 0.3) is 5.91 Å². The highest BCUT2D eigenvalue weighted by atomic mass is 32.1. The Balaban J connectivity index is 1.33. The first kappa shape index (κ1) is 16.0. The second kappa shape index (κ2) is 6.76. The largest absolute Gasteiger partial charge is 0.454 e. The standard InChI is InChI=1S/C18H18N2O4S/c21-17(19-14-1-2-15-16(9-14)24-11-23-15)12-3-6-20(7-4-12)18(22)13-5-8-25-10-13/h1-2,5,8-10,12H,3-4,6-7,11H2,(H,19,21). The topological polar surface area (TPSA) is 67.9 Å². The van der Waals surface area contributed by atoms with Crippen LogP contribution in [0.25, 0.3) is 0 Å². The third-order valence-corrected chi connectivity index (χ3v) is 5.24. The van der Waals surface area contributed by atoms with Crippen molar-refractivity contribution in [1.29, 1.82) is 0 Å². The van der Waals surface area contributed by atoms with Crippen molar-refractivity contribution in [3.05, 3.63) is 40.6 Å².